The van der Waals surface area contributed by atoms with Crippen molar-refractivity contribution >= 4 is 41.0 Å². The highest BCUT2D eigenvalue weighted by Crippen LogP contribution is 2.50. The number of hydrogen-bond donors (Lipinski definition) is 1. The van der Waals surface area contributed by atoms with Crippen molar-refractivity contribution in [3.63, 3.8) is 0 Å². The molecule has 1 N–H and O–H groups in total. The molecule has 4 atom stereocenters. The third-order valence-corrected chi connectivity index (χ3v) is 6.59. The van der Waals surface area contributed by atoms with Crippen molar-refractivity contribution < 1.29 is 19.2 Å². The normalized spacial score (nSPS) is 27.6. The Morgan fingerprint density at radius 3 is 2.46 bits per heavy atom. The Morgan fingerprint density at radius 1 is 1.14 bits per heavy atom. The topological polar surface area (TPSA) is 86.8 Å². The van der Waals surface area contributed by atoms with Crippen LogP contribution in [0.25, 0.3) is 0 Å². The van der Waals surface area contributed by atoms with Gasteiger partial charge in [-0.3, -0.25) is 19.3 Å². The Bertz CT molecular complexity index is 840. The summed E-state index contributed by atoms with van der Waals surface area (Å²) in [6.07, 6.45) is 4.48. The summed E-state index contributed by atoms with van der Waals surface area (Å²) in [5.74, 6) is -0.903. The van der Waals surface area contributed by atoms with Gasteiger partial charge in [-0.2, -0.15) is 0 Å². The summed E-state index contributed by atoms with van der Waals surface area (Å²) in [6.45, 7) is 1.34. The second-order valence-electron chi connectivity index (χ2n) is 7.98. The largest absolute Gasteiger partial charge is 0.334 e. The van der Waals surface area contributed by atoms with E-state index in [9.17, 15) is 19.2 Å². The molecule has 0 radical (unpaired) electrons. The maximum Gasteiger partial charge on any atom is 0.334 e. The standard InChI is InChI=1S/C20H22ClN3O4/c1-11(16-9-12-2-3-13(16)8-12)24-19(27)18(26)23(20(24)28)10-17(25)22-15-6-4-14(21)5-7-15/h4-7,11-13,16H,2-3,8-10H2,1H3,(H,22,25)/t11-,12-,13-,16+/m0/s1. The number of imide groups is 2. The Labute approximate surface area is 168 Å². The van der Waals surface area contributed by atoms with Crippen molar-refractivity contribution in [1.82, 2.24) is 9.80 Å². The minimum atomic E-state index is -0.939. The van der Waals surface area contributed by atoms with Crippen molar-refractivity contribution in [3.05, 3.63) is 29.3 Å². The molecule has 0 aromatic heterocycles. The maximum atomic E-state index is 12.8. The van der Waals surface area contributed by atoms with Crippen molar-refractivity contribution in [2.75, 3.05) is 11.9 Å². The van der Waals surface area contributed by atoms with Gasteiger partial charge < -0.3 is 5.32 Å². The summed E-state index contributed by atoms with van der Waals surface area (Å²) in [7, 11) is 0. The van der Waals surface area contributed by atoms with Gasteiger partial charge >= 0.3 is 17.8 Å². The highest BCUT2D eigenvalue weighted by molar-refractivity contribution is 6.45. The molecule has 1 aromatic rings. The molecule has 2 bridgehead atoms. The minimum absolute atomic E-state index is 0.238. The van der Waals surface area contributed by atoms with Gasteiger partial charge in [0.25, 0.3) is 0 Å². The Balaban J connectivity index is 1.43. The molecular formula is C20H22ClN3O4. The molecule has 3 fully saturated rings. The molecule has 0 spiro atoms. The van der Waals surface area contributed by atoms with Crippen LogP contribution in [0.1, 0.15) is 32.6 Å². The van der Waals surface area contributed by atoms with E-state index < -0.39 is 30.3 Å². The molecule has 4 rings (SSSR count). The SMILES string of the molecule is C[C@@H]([C@H]1C[C@H]2CC[C@H]1C2)N1C(=O)C(=O)N(CC(=O)Nc2ccc(Cl)cc2)C1=O. The molecular weight excluding hydrogens is 382 g/mol. The highest BCUT2D eigenvalue weighted by Gasteiger charge is 2.52. The number of carbonyl (C=O) groups excluding carboxylic acids is 4. The first kappa shape index (κ1) is 18.9. The fraction of sp³-hybridized carbons (Fsp3) is 0.500. The van der Waals surface area contributed by atoms with E-state index in [0.29, 0.717) is 22.5 Å². The van der Waals surface area contributed by atoms with Crippen LogP contribution in [-0.4, -0.2) is 46.1 Å². The van der Waals surface area contributed by atoms with Crippen molar-refractivity contribution in [2.45, 2.75) is 38.6 Å². The van der Waals surface area contributed by atoms with Crippen LogP contribution >= 0.6 is 11.6 Å². The summed E-state index contributed by atoms with van der Waals surface area (Å²) in [5, 5.41) is 3.13. The lowest BCUT2D eigenvalue weighted by molar-refractivity contribution is -0.144. The molecule has 28 heavy (non-hydrogen) atoms. The fourth-order valence-electron chi connectivity index (χ4n) is 4.97. The molecule has 2 saturated carbocycles. The van der Waals surface area contributed by atoms with Crippen molar-refractivity contribution in [2.24, 2.45) is 17.8 Å². The molecule has 7 nitrogen and oxygen atoms in total. The molecule has 1 aliphatic heterocycles. The van der Waals surface area contributed by atoms with E-state index in [1.165, 1.54) is 6.42 Å². The van der Waals surface area contributed by atoms with Gasteiger partial charge in [0.2, 0.25) is 5.91 Å². The van der Waals surface area contributed by atoms with Crippen LogP contribution in [0.4, 0.5) is 10.5 Å². The van der Waals surface area contributed by atoms with E-state index in [2.05, 4.69) is 5.32 Å². The zero-order valence-corrected chi connectivity index (χ0v) is 16.3. The average molecular weight is 404 g/mol. The first-order valence-corrected chi connectivity index (χ1v) is 9.97. The summed E-state index contributed by atoms with van der Waals surface area (Å²) >= 11 is 5.81. The van der Waals surface area contributed by atoms with Gasteiger partial charge in [0.15, 0.2) is 0 Å². The molecule has 0 unspecified atom stereocenters. The molecule has 3 aliphatic rings. The van der Waals surface area contributed by atoms with E-state index in [1.807, 2.05) is 6.92 Å². The first-order valence-electron chi connectivity index (χ1n) is 9.59. The van der Waals surface area contributed by atoms with Gasteiger partial charge in [0, 0.05) is 16.8 Å². The lowest BCUT2D eigenvalue weighted by atomic mass is 9.83. The van der Waals surface area contributed by atoms with Gasteiger partial charge in [0.1, 0.15) is 6.54 Å². The van der Waals surface area contributed by atoms with Crippen LogP contribution in [0.5, 0.6) is 0 Å². The van der Waals surface area contributed by atoms with Crippen molar-refractivity contribution in [3.8, 4) is 0 Å². The molecule has 1 saturated heterocycles. The van der Waals surface area contributed by atoms with E-state index in [0.717, 1.165) is 29.1 Å². The predicted octanol–water partition coefficient (Wildman–Crippen LogP) is 2.89. The number of fused-ring (bicyclic) bond motifs is 2. The number of halogens is 1. The predicted molar refractivity (Wildman–Crippen MR) is 102 cm³/mol. The Morgan fingerprint density at radius 2 is 1.86 bits per heavy atom. The van der Waals surface area contributed by atoms with E-state index in [4.69, 9.17) is 11.6 Å². The number of carbonyl (C=O) groups is 4. The van der Waals surface area contributed by atoms with Crippen LogP contribution in [0.3, 0.4) is 0 Å². The number of rotatable bonds is 5. The summed E-state index contributed by atoms with van der Waals surface area (Å²) in [4.78, 5) is 51.7. The van der Waals surface area contributed by atoms with E-state index in [1.54, 1.807) is 24.3 Å². The van der Waals surface area contributed by atoms with E-state index in [-0.39, 0.29) is 12.0 Å². The third-order valence-electron chi connectivity index (χ3n) is 6.33. The van der Waals surface area contributed by atoms with Gasteiger partial charge in [-0.05, 0) is 68.2 Å². The van der Waals surface area contributed by atoms with Gasteiger partial charge in [0.05, 0.1) is 0 Å². The molecule has 148 valence electrons. The Kier molecular flexibility index (Phi) is 4.87. The second kappa shape index (κ2) is 7.20. The third kappa shape index (κ3) is 3.28. The quantitative estimate of drug-likeness (QED) is 0.605. The van der Waals surface area contributed by atoms with Gasteiger partial charge in [-0.15, -0.1) is 0 Å². The van der Waals surface area contributed by atoms with Crippen LogP contribution < -0.4 is 5.32 Å². The molecule has 2 aliphatic carbocycles. The monoisotopic (exact) mass is 403 g/mol. The number of urea groups is 1. The number of benzene rings is 1. The lowest BCUT2D eigenvalue weighted by Gasteiger charge is -2.32. The summed E-state index contributed by atoms with van der Waals surface area (Å²) in [6, 6.07) is 5.43. The fourth-order valence-corrected chi connectivity index (χ4v) is 5.10. The second-order valence-corrected chi connectivity index (χ2v) is 8.42. The molecule has 8 heteroatoms. The van der Waals surface area contributed by atoms with Crippen LogP contribution in [0.2, 0.25) is 5.02 Å². The number of nitrogens with one attached hydrogen (secondary N) is 1. The van der Waals surface area contributed by atoms with Crippen LogP contribution in [0, 0.1) is 17.8 Å². The summed E-state index contributed by atoms with van der Waals surface area (Å²) < 4.78 is 0. The average Bonchev–Trinajstić information content (AvgIpc) is 3.35. The number of amides is 5. The molecule has 1 aromatic carbocycles. The number of nitrogens with zero attached hydrogens (tertiary/aromatic N) is 2. The molecule has 1 heterocycles. The first-order chi connectivity index (χ1) is 13.3. The van der Waals surface area contributed by atoms with E-state index >= 15 is 0 Å². The number of anilines is 1. The smallest absolute Gasteiger partial charge is 0.325 e. The zero-order valence-electron chi connectivity index (χ0n) is 15.6. The van der Waals surface area contributed by atoms with Gasteiger partial charge in [-0.25, -0.2) is 9.69 Å². The zero-order chi connectivity index (χ0) is 20.0. The Hall–Kier alpha value is -2.41. The van der Waals surface area contributed by atoms with Gasteiger partial charge in [-0.1, -0.05) is 18.0 Å². The van der Waals surface area contributed by atoms with Crippen LogP contribution in [0.15, 0.2) is 24.3 Å². The summed E-state index contributed by atoms with van der Waals surface area (Å²) in [5.41, 5.74) is 0.493. The highest BCUT2D eigenvalue weighted by atomic mass is 35.5. The minimum Gasteiger partial charge on any atom is -0.325 e. The van der Waals surface area contributed by atoms with Crippen LogP contribution in [-0.2, 0) is 14.4 Å². The molecule has 5 amide bonds. The lowest BCUT2D eigenvalue weighted by Crippen LogP contribution is -2.45. The number of hydrogen-bond acceptors (Lipinski definition) is 4. The maximum absolute atomic E-state index is 12.8. The van der Waals surface area contributed by atoms with Crippen molar-refractivity contribution in [1.29, 1.82) is 0 Å².